The molecule has 2 aromatic rings. The third-order valence-corrected chi connectivity index (χ3v) is 3.28. The van der Waals surface area contributed by atoms with E-state index in [-0.39, 0.29) is 11.5 Å². The van der Waals surface area contributed by atoms with Crippen LogP contribution in [0.25, 0.3) is 11.1 Å². The van der Waals surface area contributed by atoms with Crippen molar-refractivity contribution in [1.82, 2.24) is 9.88 Å². The molecule has 5 heteroatoms. The van der Waals surface area contributed by atoms with Gasteiger partial charge in [-0.05, 0) is 32.0 Å². The molecule has 0 radical (unpaired) electrons. The fourth-order valence-electron chi connectivity index (χ4n) is 2.12. The van der Waals surface area contributed by atoms with Gasteiger partial charge < -0.3 is 4.90 Å². The van der Waals surface area contributed by atoms with Crippen LogP contribution in [0.15, 0.2) is 36.7 Å². The number of nitrogens with zero attached hydrogens (tertiary/aromatic N) is 2. The van der Waals surface area contributed by atoms with E-state index in [9.17, 15) is 13.6 Å². The van der Waals surface area contributed by atoms with Gasteiger partial charge in [-0.15, -0.1) is 0 Å². The molecule has 0 aliphatic rings. The van der Waals surface area contributed by atoms with Crippen LogP contribution in [0.2, 0.25) is 0 Å². The number of rotatable bonds is 4. The second-order valence-corrected chi connectivity index (χ2v) is 4.56. The fraction of sp³-hybridized carbons (Fsp3) is 0.250. The highest BCUT2D eigenvalue weighted by molar-refractivity contribution is 5.95. The number of hydrogen-bond donors (Lipinski definition) is 0. The van der Waals surface area contributed by atoms with Crippen LogP contribution in [-0.4, -0.2) is 28.9 Å². The second kappa shape index (κ2) is 6.43. The van der Waals surface area contributed by atoms with E-state index in [0.717, 1.165) is 6.07 Å². The molecule has 1 amide bonds. The van der Waals surface area contributed by atoms with Crippen LogP contribution in [0.3, 0.4) is 0 Å². The number of pyridine rings is 1. The van der Waals surface area contributed by atoms with Crippen molar-refractivity contribution in [3.05, 3.63) is 53.9 Å². The SMILES string of the molecule is CCN(CC)C(=O)c1cncc(-c2ccc(F)cc2F)c1. The standard InChI is InChI=1S/C16H16F2N2O/c1-3-20(4-2)16(21)12-7-11(9-19-10-12)14-6-5-13(17)8-15(14)18/h5-10H,3-4H2,1-2H3. The van der Waals surface area contributed by atoms with E-state index in [4.69, 9.17) is 0 Å². The molecule has 0 spiro atoms. The molecule has 1 aromatic heterocycles. The highest BCUT2D eigenvalue weighted by atomic mass is 19.1. The second-order valence-electron chi connectivity index (χ2n) is 4.56. The largest absolute Gasteiger partial charge is 0.339 e. The third kappa shape index (κ3) is 3.24. The van der Waals surface area contributed by atoms with Gasteiger partial charge >= 0.3 is 0 Å². The summed E-state index contributed by atoms with van der Waals surface area (Å²) in [6.45, 7) is 4.95. The van der Waals surface area contributed by atoms with Gasteiger partial charge in [-0.2, -0.15) is 0 Å². The molecule has 0 N–H and O–H groups in total. The van der Waals surface area contributed by atoms with E-state index in [1.165, 1.54) is 24.5 Å². The average Bonchev–Trinajstić information content (AvgIpc) is 2.48. The molecule has 0 bridgehead atoms. The minimum atomic E-state index is -0.677. The number of aromatic nitrogens is 1. The number of benzene rings is 1. The Bertz CT molecular complexity index is 654. The molecule has 21 heavy (non-hydrogen) atoms. The third-order valence-electron chi connectivity index (χ3n) is 3.28. The summed E-state index contributed by atoms with van der Waals surface area (Å²) in [5.41, 5.74) is 1.06. The molecule has 1 heterocycles. The highest BCUT2D eigenvalue weighted by Gasteiger charge is 2.15. The Morgan fingerprint density at radius 2 is 1.86 bits per heavy atom. The minimum absolute atomic E-state index is 0.156. The first-order valence-corrected chi connectivity index (χ1v) is 6.76. The highest BCUT2D eigenvalue weighted by Crippen LogP contribution is 2.23. The van der Waals surface area contributed by atoms with Crippen LogP contribution < -0.4 is 0 Å². The lowest BCUT2D eigenvalue weighted by Gasteiger charge is -2.18. The molecule has 0 unspecified atom stereocenters. The smallest absolute Gasteiger partial charge is 0.255 e. The Hall–Kier alpha value is -2.30. The van der Waals surface area contributed by atoms with Crippen LogP contribution in [-0.2, 0) is 0 Å². The predicted octanol–water partition coefficient (Wildman–Crippen LogP) is 3.51. The maximum atomic E-state index is 13.8. The summed E-state index contributed by atoms with van der Waals surface area (Å²) >= 11 is 0. The van der Waals surface area contributed by atoms with E-state index >= 15 is 0 Å². The zero-order valence-corrected chi connectivity index (χ0v) is 11.9. The lowest BCUT2D eigenvalue weighted by Crippen LogP contribution is -2.30. The molecule has 2 rings (SSSR count). The topological polar surface area (TPSA) is 33.2 Å². The Balaban J connectivity index is 2.40. The minimum Gasteiger partial charge on any atom is -0.339 e. The maximum Gasteiger partial charge on any atom is 0.255 e. The molecule has 0 fully saturated rings. The molecule has 0 aliphatic carbocycles. The van der Waals surface area contributed by atoms with Crippen molar-refractivity contribution in [3.63, 3.8) is 0 Å². The average molecular weight is 290 g/mol. The predicted molar refractivity (Wildman–Crippen MR) is 76.8 cm³/mol. The number of halogens is 2. The molecular formula is C16H16F2N2O. The van der Waals surface area contributed by atoms with Crippen LogP contribution in [0.5, 0.6) is 0 Å². The molecule has 0 saturated carbocycles. The molecular weight excluding hydrogens is 274 g/mol. The van der Waals surface area contributed by atoms with Gasteiger partial charge in [0, 0.05) is 42.7 Å². The van der Waals surface area contributed by atoms with E-state index < -0.39 is 11.6 Å². The van der Waals surface area contributed by atoms with Crippen molar-refractivity contribution in [3.8, 4) is 11.1 Å². The van der Waals surface area contributed by atoms with Crippen molar-refractivity contribution in [1.29, 1.82) is 0 Å². The number of hydrogen-bond acceptors (Lipinski definition) is 2. The summed E-state index contributed by atoms with van der Waals surface area (Å²) in [5.74, 6) is -1.47. The van der Waals surface area contributed by atoms with Gasteiger partial charge in [0.1, 0.15) is 11.6 Å². The van der Waals surface area contributed by atoms with Crippen molar-refractivity contribution >= 4 is 5.91 Å². The monoisotopic (exact) mass is 290 g/mol. The lowest BCUT2D eigenvalue weighted by molar-refractivity contribution is 0.0772. The van der Waals surface area contributed by atoms with E-state index in [1.807, 2.05) is 13.8 Å². The van der Waals surface area contributed by atoms with E-state index in [1.54, 1.807) is 11.0 Å². The van der Waals surface area contributed by atoms with Crippen LogP contribution in [0, 0.1) is 11.6 Å². The Morgan fingerprint density at radius 3 is 2.48 bits per heavy atom. The maximum absolute atomic E-state index is 13.8. The van der Waals surface area contributed by atoms with Crippen molar-refractivity contribution < 1.29 is 13.6 Å². The zero-order valence-electron chi connectivity index (χ0n) is 11.9. The van der Waals surface area contributed by atoms with Gasteiger partial charge in [-0.25, -0.2) is 8.78 Å². The molecule has 3 nitrogen and oxygen atoms in total. The van der Waals surface area contributed by atoms with Crippen molar-refractivity contribution in [2.45, 2.75) is 13.8 Å². The summed E-state index contributed by atoms with van der Waals surface area (Å²) in [6.07, 6.45) is 2.90. The Labute approximate surface area is 122 Å². The Morgan fingerprint density at radius 1 is 1.14 bits per heavy atom. The Kier molecular flexibility index (Phi) is 4.62. The summed E-state index contributed by atoms with van der Waals surface area (Å²) in [5, 5.41) is 0. The molecule has 110 valence electrons. The van der Waals surface area contributed by atoms with Gasteiger partial charge in [0.2, 0.25) is 0 Å². The number of carbonyl (C=O) groups is 1. The van der Waals surface area contributed by atoms with Gasteiger partial charge in [-0.3, -0.25) is 9.78 Å². The van der Waals surface area contributed by atoms with Gasteiger partial charge in [0.15, 0.2) is 0 Å². The van der Waals surface area contributed by atoms with E-state index in [0.29, 0.717) is 24.2 Å². The summed E-state index contributed by atoms with van der Waals surface area (Å²) < 4.78 is 26.7. The van der Waals surface area contributed by atoms with Crippen molar-refractivity contribution in [2.75, 3.05) is 13.1 Å². The van der Waals surface area contributed by atoms with Crippen molar-refractivity contribution in [2.24, 2.45) is 0 Å². The fourth-order valence-corrected chi connectivity index (χ4v) is 2.12. The molecule has 0 saturated heterocycles. The first kappa shape index (κ1) is 15.1. The van der Waals surface area contributed by atoms with Gasteiger partial charge in [0.05, 0.1) is 5.56 Å². The summed E-state index contributed by atoms with van der Waals surface area (Å²) in [6, 6.07) is 4.91. The van der Waals surface area contributed by atoms with Gasteiger partial charge in [-0.1, -0.05) is 0 Å². The molecule has 0 atom stereocenters. The molecule has 0 aliphatic heterocycles. The van der Waals surface area contributed by atoms with Gasteiger partial charge in [0.25, 0.3) is 5.91 Å². The first-order valence-electron chi connectivity index (χ1n) is 6.76. The zero-order chi connectivity index (χ0) is 15.4. The normalized spacial score (nSPS) is 10.5. The van der Waals surface area contributed by atoms with Crippen LogP contribution >= 0.6 is 0 Å². The summed E-state index contributed by atoms with van der Waals surface area (Å²) in [7, 11) is 0. The number of carbonyl (C=O) groups excluding carboxylic acids is 1. The lowest BCUT2D eigenvalue weighted by atomic mass is 10.0. The van der Waals surface area contributed by atoms with Crippen LogP contribution in [0.1, 0.15) is 24.2 Å². The quantitative estimate of drug-likeness (QED) is 0.863. The number of amides is 1. The molecule has 1 aromatic carbocycles. The first-order chi connectivity index (χ1) is 10.1. The summed E-state index contributed by atoms with van der Waals surface area (Å²) in [4.78, 5) is 17.9. The van der Waals surface area contributed by atoms with E-state index in [2.05, 4.69) is 4.98 Å². The van der Waals surface area contributed by atoms with Crippen LogP contribution in [0.4, 0.5) is 8.78 Å².